The van der Waals surface area contributed by atoms with Gasteiger partial charge in [0.25, 0.3) is 0 Å². The molecule has 0 aromatic heterocycles. The Bertz CT molecular complexity index is 1170. The third-order valence-corrected chi connectivity index (χ3v) is 6.52. The summed E-state index contributed by atoms with van der Waals surface area (Å²) in [7, 11) is 0. The van der Waals surface area contributed by atoms with Crippen molar-refractivity contribution in [3.05, 3.63) is 99.8 Å². The van der Waals surface area contributed by atoms with E-state index in [-0.39, 0.29) is 12.1 Å². The highest BCUT2D eigenvalue weighted by Crippen LogP contribution is 2.50. The molecule has 1 aliphatic heterocycles. The first-order valence-electron chi connectivity index (χ1n) is 10.5. The second-order valence-electron chi connectivity index (χ2n) is 8.16. The van der Waals surface area contributed by atoms with Gasteiger partial charge in [-0.3, -0.25) is 9.80 Å². The third kappa shape index (κ3) is 3.83. The summed E-state index contributed by atoms with van der Waals surface area (Å²) in [5.74, 6) is 0. The fraction of sp³-hybridized carbons (Fsp3) is 0.231. The molecule has 6 heteroatoms. The van der Waals surface area contributed by atoms with Gasteiger partial charge in [0.05, 0.1) is 18.2 Å². The zero-order valence-electron chi connectivity index (χ0n) is 17.9. The molecule has 2 amide bonds. The largest absolute Gasteiger partial charge is 0.330 e. The molecule has 3 aromatic carbocycles. The fourth-order valence-corrected chi connectivity index (χ4v) is 4.97. The van der Waals surface area contributed by atoms with Gasteiger partial charge in [-0.25, -0.2) is 9.64 Å². The van der Waals surface area contributed by atoms with Gasteiger partial charge in [-0.1, -0.05) is 60.8 Å². The van der Waals surface area contributed by atoms with Gasteiger partial charge in [0.1, 0.15) is 0 Å². The number of halogens is 2. The first-order valence-corrected chi connectivity index (χ1v) is 11.3. The SMILES string of the molecule is [C-]#[N+]c1cccc([C@H]2N(c3ccc(Cl)cc3)C(=O)N(c3ccc(Cl)cc3)[C@]2(C)CCC)c1. The van der Waals surface area contributed by atoms with E-state index in [0.717, 1.165) is 29.8 Å². The topological polar surface area (TPSA) is 27.9 Å². The van der Waals surface area contributed by atoms with Gasteiger partial charge in [-0.05, 0) is 67.4 Å². The van der Waals surface area contributed by atoms with Gasteiger partial charge in [-0.2, -0.15) is 0 Å². The Labute approximate surface area is 198 Å². The van der Waals surface area contributed by atoms with E-state index >= 15 is 0 Å². The minimum absolute atomic E-state index is 0.121. The van der Waals surface area contributed by atoms with Crippen molar-refractivity contribution in [2.75, 3.05) is 9.80 Å². The van der Waals surface area contributed by atoms with E-state index in [2.05, 4.69) is 18.7 Å². The van der Waals surface area contributed by atoms with Gasteiger partial charge in [0.2, 0.25) is 0 Å². The molecule has 1 fully saturated rings. The molecule has 2 atom stereocenters. The average molecular weight is 464 g/mol. The summed E-state index contributed by atoms with van der Waals surface area (Å²) in [5.41, 5.74) is 2.47. The Morgan fingerprint density at radius 1 is 0.969 bits per heavy atom. The second kappa shape index (κ2) is 8.86. The van der Waals surface area contributed by atoms with Crippen LogP contribution in [-0.2, 0) is 0 Å². The van der Waals surface area contributed by atoms with Crippen LogP contribution in [0.4, 0.5) is 21.9 Å². The highest BCUT2D eigenvalue weighted by Gasteiger charge is 2.55. The maximum Gasteiger partial charge on any atom is 0.330 e. The first kappa shape index (κ1) is 22.2. The number of hydrogen-bond acceptors (Lipinski definition) is 1. The van der Waals surface area contributed by atoms with Crippen LogP contribution >= 0.6 is 23.2 Å². The minimum atomic E-state index is -0.556. The summed E-state index contributed by atoms with van der Waals surface area (Å²) >= 11 is 12.3. The van der Waals surface area contributed by atoms with E-state index in [9.17, 15) is 4.79 Å². The number of amides is 2. The van der Waals surface area contributed by atoms with Gasteiger partial charge in [0, 0.05) is 21.4 Å². The number of anilines is 2. The monoisotopic (exact) mass is 463 g/mol. The number of rotatable bonds is 5. The molecule has 0 radical (unpaired) electrons. The van der Waals surface area contributed by atoms with Crippen molar-refractivity contribution in [3.63, 3.8) is 0 Å². The number of nitrogens with zero attached hydrogens (tertiary/aromatic N) is 3. The molecular weight excluding hydrogens is 441 g/mol. The number of carbonyl (C=O) groups is 1. The average Bonchev–Trinajstić information content (AvgIpc) is 3.02. The predicted octanol–water partition coefficient (Wildman–Crippen LogP) is 8.29. The molecule has 0 spiro atoms. The van der Waals surface area contributed by atoms with Crippen LogP contribution in [-0.4, -0.2) is 11.6 Å². The van der Waals surface area contributed by atoms with E-state index in [0.29, 0.717) is 15.7 Å². The van der Waals surface area contributed by atoms with Crippen molar-refractivity contribution >= 4 is 46.3 Å². The Balaban J connectivity index is 1.95. The van der Waals surface area contributed by atoms with Gasteiger partial charge in [-0.15, -0.1) is 0 Å². The number of benzene rings is 3. The Morgan fingerprint density at radius 2 is 1.56 bits per heavy atom. The zero-order valence-corrected chi connectivity index (χ0v) is 19.4. The number of carbonyl (C=O) groups excluding carboxylic acids is 1. The maximum atomic E-state index is 14.0. The van der Waals surface area contributed by atoms with Gasteiger partial charge in [0.15, 0.2) is 5.69 Å². The molecule has 162 valence electrons. The Hall–Kier alpha value is -3.00. The van der Waals surface area contributed by atoms with Crippen LogP contribution in [0.3, 0.4) is 0 Å². The molecule has 4 nitrogen and oxygen atoms in total. The van der Waals surface area contributed by atoms with Crippen LogP contribution in [0.15, 0.2) is 72.8 Å². The van der Waals surface area contributed by atoms with Gasteiger partial charge >= 0.3 is 6.03 Å². The van der Waals surface area contributed by atoms with E-state index < -0.39 is 5.54 Å². The van der Waals surface area contributed by atoms with Crippen LogP contribution in [0.5, 0.6) is 0 Å². The molecular formula is C26H23Cl2N3O. The van der Waals surface area contributed by atoms with Crippen LogP contribution < -0.4 is 9.80 Å². The smallest absolute Gasteiger partial charge is 0.286 e. The first-order chi connectivity index (χ1) is 15.4. The van der Waals surface area contributed by atoms with Crippen LogP contribution in [0.2, 0.25) is 10.0 Å². The third-order valence-electron chi connectivity index (χ3n) is 6.02. The summed E-state index contributed by atoms with van der Waals surface area (Å²) < 4.78 is 0. The van der Waals surface area contributed by atoms with Crippen molar-refractivity contribution in [2.45, 2.75) is 38.3 Å². The molecule has 3 aromatic rings. The van der Waals surface area contributed by atoms with E-state index in [1.807, 2.05) is 52.3 Å². The second-order valence-corrected chi connectivity index (χ2v) is 9.03. The normalized spacial score (nSPS) is 20.5. The highest BCUT2D eigenvalue weighted by atomic mass is 35.5. The van der Waals surface area contributed by atoms with Crippen molar-refractivity contribution < 1.29 is 4.79 Å². The highest BCUT2D eigenvalue weighted by molar-refractivity contribution is 6.31. The lowest BCUT2D eigenvalue weighted by Crippen LogP contribution is -2.46. The van der Waals surface area contributed by atoms with Crippen molar-refractivity contribution in [2.24, 2.45) is 0 Å². The standard InChI is InChI=1S/C26H23Cl2N3O/c1-4-16-26(2)24(18-6-5-7-21(17-18)29-3)30(22-12-8-19(27)9-13-22)25(32)31(26)23-14-10-20(28)11-15-23/h5-15,17,24H,4,16H2,1-2H3/t24-,26-/m1/s1. The number of urea groups is 1. The van der Waals surface area contributed by atoms with Crippen molar-refractivity contribution in [1.29, 1.82) is 0 Å². The summed E-state index contributed by atoms with van der Waals surface area (Å²) in [6, 6.07) is 21.8. The molecule has 1 heterocycles. The Kier molecular flexibility index (Phi) is 6.15. The van der Waals surface area contributed by atoms with Crippen LogP contribution in [0.1, 0.15) is 38.3 Å². The zero-order chi connectivity index (χ0) is 22.9. The van der Waals surface area contributed by atoms with E-state index in [1.165, 1.54) is 0 Å². The van der Waals surface area contributed by atoms with E-state index in [4.69, 9.17) is 29.8 Å². The van der Waals surface area contributed by atoms with Crippen LogP contribution in [0.25, 0.3) is 4.85 Å². The van der Waals surface area contributed by atoms with E-state index in [1.54, 1.807) is 30.3 Å². The lowest BCUT2D eigenvalue weighted by Gasteiger charge is -2.39. The summed E-state index contributed by atoms with van der Waals surface area (Å²) in [6.07, 6.45) is 1.67. The Morgan fingerprint density at radius 3 is 2.12 bits per heavy atom. The fourth-order valence-electron chi connectivity index (χ4n) is 4.72. The minimum Gasteiger partial charge on any atom is -0.286 e. The summed E-state index contributed by atoms with van der Waals surface area (Å²) in [4.78, 5) is 21.3. The molecule has 0 bridgehead atoms. The maximum absolute atomic E-state index is 14.0. The molecule has 0 unspecified atom stereocenters. The summed E-state index contributed by atoms with van der Waals surface area (Å²) in [5, 5.41) is 1.23. The van der Waals surface area contributed by atoms with Crippen LogP contribution in [0, 0.1) is 6.57 Å². The molecule has 1 aliphatic rings. The van der Waals surface area contributed by atoms with Crippen molar-refractivity contribution in [1.82, 2.24) is 0 Å². The molecule has 0 saturated carbocycles. The van der Waals surface area contributed by atoms with Gasteiger partial charge < -0.3 is 0 Å². The molecule has 1 saturated heterocycles. The molecule has 32 heavy (non-hydrogen) atoms. The molecule has 0 aliphatic carbocycles. The molecule has 4 rings (SSSR count). The number of hydrogen-bond donors (Lipinski definition) is 0. The predicted molar refractivity (Wildman–Crippen MR) is 132 cm³/mol. The molecule has 0 N–H and O–H groups in total. The quantitative estimate of drug-likeness (QED) is 0.349. The van der Waals surface area contributed by atoms with Crippen molar-refractivity contribution in [3.8, 4) is 0 Å². The lowest BCUT2D eigenvalue weighted by molar-refractivity contribution is 0.253. The lowest BCUT2D eigenvalue weighted by atomic mass is 9.82. The summed E-state index contributed by atoms with van der Waals surface area (Å²) in [6.45, 7) is 11.7.